The van der Waals surface area contributed by atoms with Crippen molar-refractivity contribution in [3.8, 4) is 0 Å². The van der Waals surface area contributed by atoms with E-state index in [4.69, 9.17) is 12.2 Å². The Labute approximate surface area is 175 Å². The molecule has 28 heavy (non-hydrogen) atoms. The lowest BCUT2D eigenvalue weighted by Crippen LogP contribution is -2.28. The largest absolute Gasteiger partial charge is 0.358 e. The molecule has 0 aliphatic heterocycles. The molecule has 2 amide bonds. The summed E-state index contributed by atoms with van der Waals surface area (Å²) < 4.78 is 0.703. The summed E-state index contributed by atoms with van der Waals surface area (Å²) in [7, 11) is 0. The Morgan fingerprint density at radius 3 is 2.32 bits per heavy atom. The van der Waals surface area contributed by atoms with Crippen LogP contribution in [0.5, 0.6) is 0 Å². The highest BCUT2D eigenvalue weighted by molar-refractivity contribution is 8.23. The predicted octanol–water partition coefficient (Wildman–Crippen LogP) is 3.92. The molecular formula is C21H25N3O2S2. The summed E-state index contributed by atoms with van der Waals surface area (Å²) in [5.41, 5.74) is 1.94. The van der Waals surface area contributed by atoms with Crippen LogP contribution in [0.2, 0.25) is 0 Å². The molecule has 2 rings (SSSR count). The van der Waals surface area contributed by atoms with Gasteiger partial charge in [-0.1, -0.05) is 66.4 Å². The number of anilines is 1. The molecule has 0 aliphatic carbocycles. The molecule has 7 heteroatoms. The highest BCUT2D eigenvalue weighted by atomic mass is 32.2. The van der Waals surface area contributed by atoms with Crippen LogP contribution in [0.3, 0.4) is 0 Å². The van der Waals surface area contributed by atoms with Crippen molar-refractivity contribution in [3.05, 3.63) is 65.7 Å². The van der Waals surface area contributed by atoms with E-state index in [0.717, 1.165) is 18.7 Å². The van der Waals surface area contributed by atoms with Gasteiger partial charge in [0.1, 0.15) is 4.32 Å². The number of nitrogens with one attached hydrogen (secondary N) is 2. The minimum absolute atomic E-state index is 0.192. The van der Waals surface area contributed by atoms with Crippen molar-refractivity contribution >= 4 is 45.8 Å². The van der Waals surface area contributed by atoms with Gasteiger partial charge >= 0.3 is 0 Å². The summed E-state index contributed by atoms with van der Waals surface area (Å²) in [5, 5.41) is 5.71. The number of hydrogen-bond acceptors (Lipinski definition) is 4. The maximum absolute atomic E-state index is 12.6. The molecule has 0 saturated carbocycles. The Morgan fingerprint density at radius 1 is 1.00 bits per heavy atom. The van der Waals surface area contributed by atoms with E-state index in [1.807, 2.05) is 49.1 Å². The van der Waals surface area contributed by atoms with Crippen LogP contribution in [-0.4, -0.2) is 39.9 Å². The first-order valence-electron chi connectivity index (χ1n) is 9.17. The van der Waals surface area contributed by atoms with Gasteiger partial charge in [0.2, 0.25) is 5.91 Å². The fourth-order valence-electron chi connectivity index (χ4n) is 2.55. The lowest BCUT2D eigenvalue weighted by molar-refractivity contribution is -0.113. The van der Waals surface area contributed by atoms with Gasteiger partial charge in [0, 0.05) is 19.6 Å². The maximum Gasteiger partial charge on any atom is 0.253 e. The Kier molecular flexibility index (Phi) is 8.97. The smallest absolute Gasteiger partial charge is 0.253 e. The van der Waals surface area contributed by atoms with Crippen LogP contribution in [-0.2, 0) is 11.3 Å². The number of thioether (sulfide) groups is 1. The Balaban J connectivity index is 1.94. The fraction of sp³-hybridized carbons (Fsp3) is 0.286. The van der Waals surface area contributed by atoms with Gasteiger partial charge in [0.05, 0.1) is 17.0 Å². The highest BCUT2D eigenvalue weighted by Crippen LogP contribution is 2.17. The van der Waals surface area contributed by atoms with Crippen molar-refractivity contribution in [2.24, 2.45) is 0 Å². The number of para-hydroxylation sites is 1. The van der Waals surface area contributed by atoms with Crippen molar-refractivity contribution in [3.63, 3.8) is 0 Å². The molecule has 5 nitrogen and oxygen atoms in total. The molecule has 0 saturated heterocycles. The second-order valence-corrected chi connectivity index (χ2v) is 7.60. The first-order chi connectivity index (χ1) is 13.5. The Bertz CT molecular complexity index is 808. The van der Waals surface area contributed by atoms with Crippen molar-refractivity contribution in [1.82, 2.24) is 10.2 Å². The molecule has 0 aliphatic rings. The van der Waals surface area contributed by atoms with Crippen LogP contribution < -0.4 is 10.6 Å². The standard InChI is InChI=1S/C21H25N3O2S2/c1-3-24(4-2)21(27)28-15-19(25)23-18-13-9-8-12-17(18)20(26)22-14-16-10-6-5-7-11-16/h5-13H,3-4,14-15H2,1-2H3,(H,22,26)(H,23,25). The van der Waals surface area contributed by atoms with Crippen LogP contribution in [0.25, 0.3) is 0 Å². The molecule has 0 spiro atoms. The van der Waals surface area contributed by atoms with Gasteiger partial charge in [-0.25, -0.2) is 0 Å². The van der Waals surface area contributed by atoms with Gasteiger partial charge < -0.3 is 15.5 Å². The van der Waals surface area contributed by atoms with E-state index in [1.165, 1.54) is 11.8 Å². The molecule has 0 radical (unpaired) electrons. The molecule has 0 heterocycles. The number of carbonyl (C=O) groups is 2. The van der Waals surface area contributed by atoms with E-state index >= 15 is 0 Å². The van der Waals surface area contributed by atoms with Crippen molar-refractivity contribution in [2.75, 3.05) is 24.2 Å². The average Bonchev–Trinajstić information content (AvgIpc) is 2.72. The van der Waals surface area contributed by atoms with E-state index in [1.54, 1.807) is 24.3 Å². The summed E-state index contributed by atoms with van der Waals surface area (Å²) in [6.45, 7) is 6.11. The van der Waals surface area contributed by atoms with Crippen molar-refractivity contribution in [2.45, 2.75) is 20.4 Å². The van der Waals surface area contributed by atoms with Crippen molar-refractivity contribution < 1.29 is 9.59 Å². The molecule has 2 aromatic rings. The third kappa shape index (κ3) is 6.65. The average molecular weight is 416 g/mol. The van der Waals surface area contributed by atoms with Crippen LogP contribution in [0.15, 0.2) is 54.6 Å². The molecule has 148 valence electrons. The van der Waals surface area contributed by atoms with E-state index in [2.05, 4.69) is 10.6 Å². The topological polar surface area (TPSA) is 61.4 Å². The van der Waals surface area contributed by atoms with E-state index in [-0.39, 0.29) is 17.6 Å². The molecule has 0 unspecified atom stereocenters. The number of amides is 2. The zero-order chi connectivity index (χ0) is 20.4. The SMILES string of the molecule is CCN(CC)C(=S)SCC(=O)Nc1ccccc1C(=O)NCc1ccccc1. The van der Waals surface area contributed by atoms with E-state index in [0.29, 0.717) is 22.1 Å². The summed E-state index contributed by atoms with van der Waals surface area (Å²) >= 11 is 6.68. The van der Waals surface area contributed by atoms with E-state index in [9.17, 15) is 9.59 Å². The minimum Gasteiger partial charge on any atom is -0.358 e. The Morgan fingerprint density at radius 2 is 1.64 bits per heavy atom. The zero-order valence-electron chi connectivity index (χ0n) is 16.1. The molecule has 0 bridgehead atoms. The van der Waals surface area contributed by atoms with Crippen LogP contribution >= 0.6 is 24.0 Å². The molecule has 2 N–H and O–H groups in total. The molecular weight excluding hydrogens is 390 g/mol. The van der Waals surface area contributed by atoms with Crippen LogP contribution in [0.1, 0.15) is 29.8 Å². The van der Waals surface area contributed by atoms with Crippen molar-refractivity contribution in [1.29, 1.82) is 0 Å². The summed E-state index contributed by atoms with van der Waals surface area (Å²) in [5.74, 6) is -0.219. The lowest BCUT2D eigenvalue weighted by atomic mass is 10.1. The van der Waals surface area contributed by atoms with Crippen LogP contribution in [0, 0.1) is 0 Å². The monoisotopic (exact) mass is 415 g/mol. The number of thiocarbonyl (C=S) groups is 1. The zero-order valence-corrected chi connectivity index (χ0v) is 17.7. The highest BCUT2D eigenvalue weighted by Gasteiger charge is 2.14. The van der Waals surface area contributed by atoms with Gasteiger partial charge in [-0.3, -0.25) is 9.59 Å². The molecule has 2 aromatic carbocycles. The van der Waals surface area contributed by atoms with Gasteiger partial charge in [-0.05, 0) is 31.5 Å². The molecule has 0 aromatic heterocycles. The third-order valence-corrected chi connectivity index (χ3v) is 5.61. The number of nitrogens with zero attached hydrogens (tertiary/aromatic N) is 1. The predicted molar refractivity (Wildman–Crippen MR) is 121 cm³/mol. The van der Waals surface area contributed by atoms with Crippen LogP contribution in [0.4, 0.5) is 5.69 Å². The quantitative estimate of drug-likeness (QED) is 0.640. The number of carbonyl (C=O) groups excluding carboxylic acids is 2. The third-order valence-electron chi connectivity index (χ3n) is 4.09. The summed E-state index contributed by atoms with van der Waals surface area (Å²) in [6.07, 6.45) is 0. The molecule has 0 atom stereocenters. The lowest BCUT2D eigenvalue weighted by Gasteiger charge is -2.20. The maximum atomic E-state index is 12.6. The first-order valence-corrected chi connectivity index (χ1v) is 10.6. The fourth-order valence-corrected chi connectivity index (χ4v) is 3.75. The first kappa shape index (κ1) is 21.9. The second-order valence-electron chi connectivity index (χ2n) is 5.99. The molecule has 0 fully saturated rings. The van der Waals surface area contributed by atoms with E-state index < -0.39 is 0 Å². The summed E-state index contributed by atoms with van der Waals surface area (Å²) in [6, 6.07) is 16.7. The van der Waals surface area contributed by atoms with Gasteiger partial charge in [-0.15, -0.1) is 0 Å². The van der Waals surface area contributed by atoms with Gasteiger partial charge in [0.15, 0.2) is 0 Å². The normalized spacial score (nSPS) is 10.2. The summed E-state index contributed by atoms with van der Waals surface area (Å²) in [4.78, 5) is 26.9. The number of benzene rings is 2. The Hall–Kier alpha value is -2.38. The number of hydrogen-bond donors (Lipinski definition) is 2. The second kappa shape index (κ2) is 11.5. The van der Waals surface area contributed by atoms with Gasteiger partial charge in [0.25, 0.3) is 5.91 Å². The van der Waals surface area contributed by atoms with Gasteiger partial charge in [-0.2, -0.15) is 0 Å². The number of rotatable bonds is 8. The minimum atomic E-state index is -0.230.